The van der Waals surface area contributed by atoms with Crippen molar-refractivity contribution < 1.29 is 4.79 Å². The van der Waals surface area contributed by atoms with Crippen molar-refractivity contribution in [3.63, 3.8) is 0 Å². The molecule has 0 spiro atoms. The lowest BCUT2D eigenvalue weighted by Crippen LogP contribution is -2.48. The van der Waals surface area contributed by atoms with Gasteiger partial charge >= 0.3 is 0 Å². The fourth-order valence-corrected chi connectivity index (χ4v) is 6.02. The number of nitrogens with one attached hydrogen (secondary N) is 1. The molecule has 1 aromatic heterocycles. The Bertz CT molecular complexity index is 1290. The molecule has 1 fully saturated rings. The van der Waals surface area contributed by atoms with Gasteiger partial charge in [-0.25, -0.2) is 9.97 Å². The Kier molecular flexibility index (Phi) is 4.30. The Morgan fingerprint density at radius 1 is 0.935 bits per heavy atom. The molecule has 3 aromatic rings. The van der Waals surface area contributed by atoms with Crippen molar-refractivity contribution in [2.75, 3.05) is 5.32 Å². The minimum absolute atomic E-state index is 0.0117. The van der Waals surface area contributed by atoms with Crippen LogP contribution in [-0.4, -0.2) is 15.9 Å². The van der Waals surface area contributed by atoms with Gasteiger partial charge in [0.25, 0.3) is 0 Å². The van der Waals surface area contributed by atoms with Crippen molar-refractivity contribution in [1.82, 2.24) is 9.97 Å². The smallest absolute Gasteiger partial charge is 0.237 e. The zero-order chi connectivity index (χ0) is 22.3. The summed E-state index contributed by atoms with van der Waals surface area (Å²) in [6.07, 6.45) is 1.62. The molecule has 2 unspecified atom stereocenters. The van der Waals surface area contributed by atoms with E-state index in [0.717, 1.165) is 41.0 Å². The van der Waals surface area contributed by atoms with E-state index in [1.54, 1.807) is 12.1 Å². The standard InChI is InChI=1S/C25H25Cl2N3O/c1-13-6-7-14(2)17(10-13)30-22(31)25-9-8-24(5,23(25,3)4)20-21(25)29-19-12-16(27)15(26)11-18(19)28-20/h6-7,10-12H,8-9H2,1-5H3,(H,30,31). The SMILES string of the molecule is Cc1ccc(C)c(NC(=O)C23CCC(C)(c4nc5cc(Cl)c(Cl)cc5nc42)C3(C)C)c1. The number of hydrogen-bond donors (Lipinski definition) is 1. The van der Waals surface area contributed by atoms with Gasteiger partial charge in [0.15, 0.2) is 0 Å². The summed E-state index contributed by atoms with van der Waals surface area (Å²) < 4.78 is 0. The van der Waals surface area contributed by atoms with Crippen molar-refractivity contribution in [1.29, 1.82) is 0 Å². The third-order valence-corrected chi connectivity index (χ3v) is 8.83. The molecule has 2 atom stereocenters. The molecule has 0 radical (unpaired) electrons. The highest BCUT2D eigenvalue weighted by Gasteiger charge is 2.73. The number of benzene rings is 2. The van der Waals surface area contributed by atoms with Gasteiger partial charge in [-0.2, -0.15) is 0 Å². The largest absolute Gasteiger partial charge is 0.325 e. The number of anilines is 1. The summed E-state index contributed by atoms with van der Waals surface area (Å²) in [6, 6.07) is 9.61. The Hall–Kier alpha value is -2.17. The second-order valence-electron chi connectivity index (χ2n) is 9.81. The lowest BCUT2D eigenvalue weighted by molar-refractivity contribution is -0.125. The molecule has 2 aromatic carbocycles. The molecule has 0 saturated heterocycles. The molecule has 2 bridgehead atoms. The van der Waals surface area contributed by atoms with Crippen LogP contribution in [0.1, 0.15) is 56.1 Å². The minimum Gasteiger partial charge on any atom is -0.325 e. The maximum atomic E-state index is 14.0. The number of fused-ring (bicyclic) bond motifs is 6. The number of carbonyl (C=O) groups excluding carboxylic acids is 1. The molecule has 1 heterocycles. The number of aryl methyl sites for hydroxylation is 2. The second kappa shape index (κ2) is 6.43. The van der Waals surface area contributed by atoms with Gasteiger partial charge < -0.3 is 5.32 Å². The van der Waals surface area contributed by atoms with E-state index in [2.05, 4.69) is 32.2 Å². The van der Waals surface area contributed by atoms with Gasteiger partial charge in [0.2, 0.25) is 5.91 Å². The third-order valence-electron chi connectivity index (χ3n) is 8.11. The molecule has 1 amide bonds. The van der Waals surface area contributed by atoms with Crippen LogP contribution in [0.2, 0.25) is 10.0 Å². The number of hydrogen-bond acceptors (Lipinski definition) is 3. The molecular formula is C25H25Cl2N3O. The van der Waals surface area contributed by atoms with E-state index < -0.39 is 5.41 Å². The van der Waals surface area contributed by atoms with Gasteiger partial charge in [0.1, 0.15) is 0 Å². The lowest BCUT2D eigenvalue weighted by atomic mass is 9.63. The molecule has 1 N–H and O–H groups in total. The van der Waals surface area contributed by atoms with Crippen LogP contribution in [-0.2, 0) is 15.6 Å². The average Bonchev–Trinajstić information content (AvgIpc) is 3.00. The molecule has 6 heteroatoms. The highest BCUT2D eigenvalue weighted by molar-refractivity contribution is 6.42. The molecule has 160 valence electrons. The predicted molar refractivity (Wildman–Crippen MR) is 126 cm³/mol. The Labute approximate surface area is 192 Å². The van der Waals surface area contributed by atoms with Crippen molar-refractivity contribution >= 4 is 45.8 Å². The van der Waals surface area contributed by atoms with Gasteiger partial charge in [-0.1, -0.05) is 56.1 Å². The van der Waals surface area contributed by atoms with E-state index in [0.29, 0.717) is 21.1 Å². The van der Waals surface area contributed by atoms with E-state index in [4.69, 9.17) is 33.2 Å². The average molecular weight is 454 g/mol. The fourth-order valence-electron chi connectivity index (χ4n) is 5.70. The van der Waals surface area contributed by atoms with Crippen LogP contribution in [0.3, 0.4) is 0 Å². The van der Waals surface area contributed by atoms with Crippen LogP contribution in [0.5, 0.6) is 0 Å². The summed E-state index contributed by atoms with van der Waals surface area (Å²) >= 11 is 12.5. The van der Waals surface area contributed by atoms with E-state index >= 15 is 0 Å². The van der Waals surface area contributed by atoms with Crippen molar-refractivity contribution in [2.24, 2.45) is 5.41 Å². The number of amides is 1. The Balaban J connectivity index is 1.72. The van der Waals surface area contributed by atoms with Crippen molar-refractivity contribution in [2.45, 2.75) is 58.3 Å². The molecule has 4 nitrogen and oxygen atoms in total. The predicted octanol–water partition coefficient (Wildman–Crippen LogP) is 6.52. The molecule has 0 aliphatic heterocycles. The van der Waals surface area contributed by atoms with Gasteiger partial charge in [0.05, 0.1) is 37.9 Å². The Morgan fingerprint density at radius 2 is 1.55 bits per heavy atom. The number of aromatic nitrogens is 2. The van der Waals surface area contributed by atoms with E-state index in [-0.39, 0.29) is 16.7 Å². The summed E-state index contributed by atoms with van der Waals surface area (Å²) in [5.74, 6) is -0.0117. The summed E-state index contributed by atoms with van der Waals surface area (Å²) in [7, 11) is 0. The normalized spacial score (nSPS) is 25.6. The zero-order valence-electron chi connectivity index (χ0n) is 18.4. The van der Waals surface area contributed by atoms with Gasteiger partial charge in [-0.15, -0.1) is 0 Å². The minimum atomic E-state index is -0.763. The summed E-state index contributed by atoms with van der Waals surface area (Å²) in [4.78, 5) is 24.0. The molecule has 31 heavy (non-hydrogen) atoms. The first-order valence-electron chi connectivity index (χ1n) is 10.6. The topological polar surface area (TPSA) is 54.9 Å². The number of rotatable bonds is 2. The van der Waals surface area contributed by atoms with Gasteiger partial charge in [0, 0.05) is 11.1 Å². The number of carbonyl (C=O) groups is 1. The Morgan fingerprint density at radius 3 is 2.19 bits per heavy atom. The molecule has 5 rings (SSSR count). The van der Waals surface area contributed by atoms with E-state index in [1.165, 1.54) is 0 Å². The summed E-state index contributed by atoms with van der Waals surface area (Å²) in [5, 5.41) is 4.13. The summed E-state index contributed by atoms with van der Waals surface area (Å²) in [5.41, 5.74) is 4.69. The second-order valence-corrected chi connectivity index (χ2v) is 10.6. The first-order valence-corrected chi connectivity index (χ1v) is 11.3. The van der Waals surface area contributed by atoms with Crippen LogP contribution >= 0.6 is 23.2 Å². The quantitative estimate of drug-likeness (QED) is 0.480. The highest BCUT2D eigenvalue weighted by Crippen LogP contribution is 2.70. The monoisotopic (exact) mass is 453 g/mol. The van der Waals surface area contributed by atoms with Crippen molar-refractivity contribution in [3.05, 3.63) is 62.9 Å². The van der Waals surface area contributed by atoms with Crippen LogP contribution in [0, 0.1) is 19.3 Å². The lowest BCUT2D eigenvalue weighted by Gasteiger charge is -2.39. The van der Waals surface area contributed by atoms with Crippen LogP contribution in [0.4, 0.5) is 5.69 Å². The molecule has 1 saturated carbocycles. The maximum Gasteiger partial charge on any atom is 0.237 e. The first-order chi connectivity index (χ1) is 14.5. The zero-order valence-corrected chi connectivity index (χ0v) is 19.9. The first kappa shape index (κ1) is 20.7. The number of nitrogens with zero attached hydrogens (tertiary/aromatic N) is 2. The van der Waals surface area contributed by atoms with Crippen molar-refractivity contribution in [3.8, 4) is 0 Å². The molecule has 2 aliphatic rings. The highest BCUT2D eigenvalue weighted by atomic mass is 35.5. The van der Waals surface area contributed by atoms with Gasteiger partial charge in [-0.05, 0) is 61.4 Å². The maximum absolute atomic E-state index is 14.0. The van der Waals surface area contributed by atoms with E-state index in [1.807, 2.05) is 26.0 Å². The third kappa shape index (κ3) is 2.52. The van der Waals surface area contributed by atoms with Crippen LogP contribution in [0.25, 0.3) is 11.0 Å². The molecule has 2 aliphatic carbocycles. The van der Waals surface area contributed by atoms with Crippen LogP contribution < -0.4 is 5.32 Å². The van der Waals surface area contributed by atoms with E-state index in [9.17, 15) is 4.79 Å². The fraction of sp³-hybridized carbons (Fsp3) is 0.400. The van der Waals surface area contributed by atoms with Gasteiger partial charge in [-0.3, -0.25) is 4.79 Å². The summed E-state index contributed by atoms with van der Waals surface area (Å²) in [6.45, 7) is 10.6. The van der Waals surface area contributed by atoms with Crippen LogP contribution in [0.15, 0.2) is 30.3 Å². The number of halogens is 2. The molecular weight excluding hydrogens is 429 g/mol.